The fraction of sp³-hybridized carbons (Fsp3) is 0.231. The lowest BCUT2D eigenvalue weighted by atomic mass is 10.1. The minimum absolute atomic E-state index is 0.0105. The maximum absolute atomic E-state index is 11.9. The van der Waals surface area contributed by atoms with Crippen LogP contribution in [0.15, 0.2) is 29.9 Å². The largest absolute Gasteiger partial charge is 0.348 e. The van der Waals surface area contributed by atoms with Crippen molar-refractivity contribution < 1.29 is 4.79 Å². The summed E-state index contributed by atoms with van der Waals surface area (Å²) < 4.78 is 0. The predicted octanol–water partition coefficient (Wildman–Crippen LogP) is 2.69. The standard InChI is InChI=1S/C13H14N2OS/c1-9-10(2)17-8-12(9)13(16)15-7-11-3-5-14-6-4-11/h3-6,8H,7H2,1-2H3,(H,15,16). The zero-order valence-corrected chi connectivity index (χ0v) is 10.7. The zero-order valence-electron chi connectivity index (χ0n) is 9.86. The van der Waals surface area contributed by atoms with Gasteiger partial charge < -0.3 is 5.32 Å². The van der Waals surface area contributed by atoms with Crippen molar-refractivity contribution in [1.29, 1.82) is 0 Å². The minimum Gasteiger partial charge on any atom is -0.348 e. The lowest BCUT2D eigenvalue weighted by molar-refractivity contribution is 0.0950. The van der Waals surface area contributed by atoms with E-state index in [1.165, 1.54) is 4.88 Å². The Morgan fingerprint density at radius 1 is 1.35 bits per heavy atom. The molecule has 88 valence electrons. The Balaban J connectivity index is 2.01. The van der Waals surface area contributed by atoms with Crippen molar-refractivity contribution >= 4 is 17.2 Å². The lowest BCUT2D eigenvalue weighted by Gasteiger charge is -2.04. The molecule has 3 nitrogen and oxygen atoms in total. The molecule has 0 saturated carbocycles. The summed E-state index contributed by atoms with van der Waals surface area (Å²) >= 11 is 1.61. The molecule has 0 radical (unpaired) electrons. The Kier molecular flexibility index (Phi) is 3.54. The number of amides is 1. The third-order valence-electron chi connectivity index (χ3n) is 2.73. The van der Waals surface area contributed by atoms with Crippen molar-refractivity contribution in [2.75, 3.05) is 0 Å². The van der Waals surface area contributed by atoms with E-state index in [-0.39, 0.29) is 5.91 Å². The highest BCUT2D eigenvalue weighted by molar-refractivity contribution is 7.10. The summed E-state index contributed by atoms with van der Waals surface area (Å²) in [6.07, 6.45) is 3.45. The van der Waals surface area contributed by atoms with Crippen LogP contribution in [-0.2, 0) is 6.54 Å². The molecule has 2 heterocycles. The molecule has 1 amide bonds. The van der Waals surface area contributed by atoms with Crippen molar-refractivity contribution in [2.24, 2.45) is 0 Å². The number of aromatic nitrogens is 1. The molecule has 1 N–H and O–H groups in total. The highest BCUT2D eigenvalue weighted by Crippen LogP contribution is 2.20. The smallest absolute Gasteiger partial charge is 0.252 e. The van der Waals surface area contributed by atoms with Crippen LogP contribution >= 0.6 is 11.3 Å². The van der Waals surface area contributed by atoms with Gasteiger partial charge in [-0.25, -0.2) is 0 Å². The number of nitrogens with one attached hydrogen (secondary N) is 1. The van der Waals surface area contributed by atoms with Crippen molar-refractivity contribution in [2.45, 2.75) is 20.4 Å². The van der Waals surface area contributed by atoms with Gasteiger partial charge in [0.25, 0.3) is 5.91 Å². The fourth-order valence-electron chi connectivity index (χ4n) is 1.52. The van der Waals surface area contributed by atoms with Crippen LogP contribution in [0, 0.1) is 13.8 Å². The van der Waals surface area contributed by atoms with E-state index in [9.17, 15) is 4.79 Å². The van der Waals surface area contributed by atoms with Crippen molar-refractivity contribution in [3.63, 3.8) is 0 Å². The van der Waals surface area contributed by atoms with E-state index >= 15 is 0 Å². The molecule has 0 saturated heterocycles. The van der Waals surface area contributed by atoms with Gasteiger partial charge in [-0.2, -0.15) is 0 Å². The van der Waals surface area contributed by atoms with Gasteiger partial charge in [0.15, 0.2) is 0 Å². The molecular weight excluding hydrogens is 232 g/mol. The molecule has 2 rings (SSSR count). The Morgan fingerprint density at radius 3 is 2.65 bits per heavy atom. The molecule has 0 bridgehead atoms. The molecule has 2 aromatic heterocycles. The number of carbonyl (C=O) groups excluding carboxylic acids is 1. The van der Waals surface area contributed by atoms with Crippen LogP contribution < -0.4 is 5.32 Å². The molecule has 0 spiro atoms. The van der Waals surface area contributed by atoms with Crippen LogP contribution in [0.2, 0.25) is 0 Å². The van der Waals surface area contributed by atoms with Gasteiger partial charge in [-0.15, -0.1) is 11.3 Å². The number of rotatable bonds is 3. The fourth-order valence-corrected chi connectivity index (χ4v) is 2.38. The van der Waals surface area contributed by atoms with Gasteiger partial charge in [-0.1, -0.05) is 0 Å². The summed E-state index contributed by atoms with van der Waals surface area (Å²) in [5.41, 5.74) is 2.90. The quantitative estimate of drug-likeness (QED) is 0.904. The average molecular weight is 246 g/mol. The monoisotopic (exact) mass is 246 g/mol. The van der Waals surface area contributed by atoms with Crippen LogP contribution in [0.25, 0.3) is 0 Å². The first-order valence-corrected chi connectivity index (χ1v) is 6.28. The lowest BCUT2D eigenvalue weighted by Crippen LogP contribution is -2.22. The minimum atomic E-state index is -0.0105. The Hall–Kier alpha value is -1.68. The number of aryl methyl sites for hydroxylation is 1. The van der Waals surface area contributed by atoms with E-state index in [1.54, 1.807) is 23.7 Å². The highest BCUT2D eigenvalue weighted by Gasteiger charge is 2.11. The summed E-state index contributed by atoms with van der Waals surface area (Å²) in [6, 6.07) is 3.79. The van der Waals surface area contributed by atoms with E-state index in [0.29, 0.717) is 6.54 Å². The number of nitrogens with zero attached hydrogens (tertiary/aromatic N) is 1. The second-order valence-electron chi connectivity index (χ2n) is 3.87. The van der Waals surface area contributed by atoms with E-state index < -0.39 is 0 Å². The third kappa shape index (κ3) is 2.71. The molecule has 0 aromatic carbocycles. The number of hydrogen-bond donors (Lipinski definition) is 1. The molecule has 0 aliphatic carbocycles. The van der Waals surface area contributed by atoms with Gasteiger partial charge in [-0.05, 0) is 37.1 Å². The second kappa shape index (κ2) is 5.10. The van der Waals surface area contributed by atoms with Gasteiger partial charge >= 0.3 is 0 Å². The summed E-state index contributed by atoms with van der Waals surface area (Å²) in [7, 11) is 0. The molecule has 17 heavy (non-hydrogen) atoms. The summed E-state index contributed by atoms with van der Waals surface area (Å²) in [4.78, 5) is 17.1. The molecule has 0 aliphatic rings. The highest BCUT2D eigenvalue weighted by atomic mass is 32.1. The molecule has 0 aliphatic heterocycles. The van der Waals surface area contributed by atoms with Crippen molar-refractivity contribution in [3.8, 4) is 0 Å². The Bertz CT molecular complexity index is 519. The van der Waals surface area contributed by atoms with E-state index in [4.69, 9.17) is 0 Å². The SMILES string of the molecule is Cc1scc(C(=O)NCc2ccncc2)c1C. The average Bonchev–Trinajstić information content (AvgIpc) is 2.69. The van der Waals surface area contributed by atoms with Gasteiger partial charge in [0.1, 0.15) is 0 Å². The van der Waals surface area contributed by atoms with Crippen molar-refractivity contribution in [1.82, 2.24) is 10.3 Å². The summed E-state index contributed by atoms with van der Waals surface area (Å²) in [5, 5.41) is 4.82. The van der Waals surface area contributed by atoms with Crippen LogP contribution in [-0.4, -0.2) is 10.9 Å². The molecule has 0 fully saturated rings. The predicted molar refractivity (Wildman–Crippen MR) is 69.2 cm³/mol. The van der Waals surface area contributed by atoms with Gasteiger partial charge in [-0.3, -0.25) is 9.78 Å². The first kappa shape index (κ1) is 11.8. The molecule has 4 heteroatoms. The van der Waals surface area contributed by atoms with Crippen LogP contribution in [0.4, 0.5) is 0 Å². The van der Waals surface area contributed by atoms with E-state index in [1.807, 2.05) is 31.4 Å². The number of thiophene rings is 1. The normalized spacial score (nSPS) is 10.2. The van der Waals surface area contributed by atoms with Gasteiger partial charge in [0.2, 0.25) is 0 Å². The Labute approximate surface area is 105 Å². The molecular formula is C13H14N2OS. The van der Waals surface area contributed by atoms with Crippen LogP contribution in [0.1, 0.15) is 26.4 Å². The second-order valence-corrected chi connectivity index (χ2v) is 4.95. The summed E-state index contributed by atoms with van der Waals surface area (Å²) in [5.74, 6) is -0.0105. The van der Waals surface area contributed by atoms with Crippen LogP contribution in [0.5, 0.6) is 0 Å². The zero-order chi connectivity index (χ0) is 12.3. The van der Waals surface area contributed by atoms with E-state index in [2.05, 4.69) is 10.3 Å². The number of carbonyl (C=O) groups is 1. The Morgan fingerprint density at radius 2 is 2.06 bits per heavy atom. The maximum Gasteiger partial charge on any atom is 0.252 e. The van der Waals surface area contributed by atoms with Crippen molar-refractivity contribution in [3.05, 3.63) is 51.5 Å². The number of hydrogen-bond acceptors (Lipinski definition) is 3. The number of pyridine rings is 1. The third-order valence-corrected chi connectivity index (χ3v) is 3.75. The molecule has 0 atom stereocenters. The van der Waals surface area contributed by atoms with Gasteiger partial charge in [0, 0.05) is 29.2 Å². The van der Waals surface area contributed by atoms with Crippen LogP contribution in [0.3, 0.4) is 0 Å². The molecule has 2 aromatic rings. The topological polar surface area (TPSA) is 42.0 Å². The molecule has 0 unspecified atom stereocenters. The van der Waals surface area contributed by atoms with E-state index in [0.717, 1.165) is 16.7 Å². The first-order valence-electron chi connectivity index (χ1n) is 5.40. The maximum atomic E-state index is 11.9. The summed E-state index contributed by atoms with van der Waals surface area (Å²) in [6.45, 7) is 4.54. The van der Waals surface area contributed by atoms with Gasteiger partial charge in [0.05, 0.1) is 5.56 Å². The first-order chi connectivity index (χ1) is 8.18.